The zero-order chi connectivity index (χ0) is 10.8. The molecule has 14 heavy (non-hydrogen) atoms. The molecule has 0 aliphatic rings. The van der Waals surface area contributed by atoms with Gasteiger partial charge < -0.3 is 0 Å². The summed E-state index contributed by atoms with van der Waals surface area (Å²) in [6, 6.07) is 0. The fourth-order valence-corrected chi connectivity index (χ4v) is 1.75. The van der Waals surface area contributed by atoms with Gasteiger partial charge in [-0.3, -0.25) is 4.99 Å². The lowest BCUT2D eigenvalue weighted by Gasteiger charge is -2.07. The molecule has 0 aliphatic carbocycles. The average Bonchev–Trinajstić information content (AvgIpc) is 2.18. The van der Waals surface area contributed by atoms with E-state index in [2.05, 4.69) is 32.0 Å². The van der Waals surface area contributed by atoms with Crippen molar-refractivity contribution in [3.8, 4) is 0 Å². The lowest BCUT2D eigenvalue weighted by molar-refractivity contribution is 0.502. The summed E-state index contributed by atoms with van der Waals surface area (Å²) < 4.78 is 0. The third-order valence-electron chi connectivity index (χ3n) is 2.24. The van der Waals surface area contributed by atoms with Crippen molar-refractivity contribution in [2.45, 2.75) is 39.5 Å². The largest absolute Gasteiger partial charge is 0.255 e. The second-order valence-corrected chi connectivity index (χ2v) is 4.44. The molecule has 1 unspecified atom stereocenters. The summed E-state index contributed by atoms with van der Waals surface area (Å²) in [5.41, 5.74) is 0. The van der Waals surface area contributed by atoms with Crippen molar-refractivity contribution < 1.29 is 0 Å². The molecule has 0 N–H and O–H groups in total. The summed E-state index contributed by atoms with van der Waals surface area (Å²) in [4.78, 5) is 4.21. The molecule has 0 aromatic heterocycles. The average molecular weight is 211 g/mol. The lowest BCUT2D eigenvalue weighted by atomic mass is 10.0. The highest BCUT2D eigenvalue weighted by Crippen LogP contribution is 2.16. The third-order valence-corrected chi connectivity index (χ3v) is 2.99. The Morgan fingerprint density at radius 3 is 2.71 bits per heavy atom. The van der Waals surface area contributed by atoms with Gasteiger partial charge >= 0.3 is 0 Å². The normalized spacial score (nSPS) is 13.7. The summed E-state index contributed by atoms with van der Waals surface area (Å²) in [7, 11) is 0. The van der Waals surface area contributed by atoms with Crippen LogP contribution in [0.2, 0.25) is 0 Å². The minimum absolute atomic E-state index is 0.828. The summed E-state index contributed by atoms with van der Waals surface area (Å²) in [5.74, 6) is 0.828. The van der Waals surface area contributed by atoms with Crippen molar-refractivity contribution in [3.63, 3.8) is 0 Å². The van der Waals surface area contributed by atoms with Crippen molar-refractivity contribution in [3.05, 3.63) is 24.8 Å². The van der Waals surface area contributed by atoms with E-state index < -0.39 is 0 Å². The number of nitrogens with zero attached hydrogens (tertiary/aromatic N) is 1. The van der Waals surface area contributed by atoms with E-state index >= 15 is 0 Å². The molecule has 0 aromatic carbocycles. The minimum Gasteiger partial charge on any atom is -0.255 e. The first-order chi connectivity index (χ1) is 6.74. The van der Waals surface area contributed by atoms with Crippen LogP contribution in [0.25, 0.3) is 0 Å². The number of thioether (sulfide) groups is 1. The van der Waals surface area contributed by atoms with Crippen molar-refractivity contribution in [2.24, 2.45) is 10.9 Å². The van der Waals surface area contributed by atoms with E-state index in [0.717, 1.165) is 17.4 Å². The molecular weight excluding hydrogens is 190 g/mol. The van der Waals surface area contributed by atoms with Crippen LogP contribution in [-0.2, 0) is 0 Å². The fourth-order valence-electron chi connectivity index (χ4n) is 1.16. The molecule has 0 bridgehead atoms. The molecule has 0 radical (unpaired) electrons. The Kier molecular flexibility index (Phi) is 8.75. The maximum atomic E-state index is 4.21. The second-order valence-electron chi connectivity index (χ2n) is 3.40. The minimum atomic E-state index is 0.828. The fraction of sp³-hybridized carbons (Fsp3) is 0.583. The van der Waals surface area contributed by atoms with Crippen LogP contribution in [-0.4, -0.2) is 5.04 Å². The van der Waals surface area contributed by atoms with E-state index in [1.165, 1.54) is 19.3 Å². The van der Waals surface area contributed by atoms with Gasteiger partial charge in [-0.05, 0) is 24.2 Å². The van der Waals surface area contributed by atoms with Gasteiger partial charge in [0.15, 0.2) is 0 Å². The number of hydrogen-bond donors (Lipinski definition) is 0. The predicted octanol–water partition coefficient (Wildman–Crippen LogP) is 4.62. The smallest absolute Gasteiger partial charge is 0.0772 e. The zero-order valence-corrected chi connectivity index (χ0v) is 10.1. The van der Waals surface area contributed by atoms with E-state index in [9.17, 15) is 0 Å². The molecular formula is C12H21NS. The van der Waals surface area contributed by atoms with E-state index in [0.29, 0.717) is 0 Å². The first kappa shape index (κ1) is 13.5. The Bertz CT molecular complexity index is 196. The first-order valence-corrected chi connectivity index (χ1v) is 6.07. The van der Waals surface area contributed by atoms with Gasteiger partial charge in [0.05, 0.1) is 5.04 Å². The van der Waals surface area contributed by atoms with Gasteiger partial charge in [-0.25, -0.2) is 0 Å². The highest BCUT2D eigenvalue weighted by Gasteiger charge is 2.01. The van der Waals surface area contributed by atoms with E-state index in [-0.39, 0.29) is 0 Å². The van der Waals surface area contributed by atoms with Crippen molar-refractivity contribution in [1.82, 2.24) is 0 Å². The van der Waals surface area contributed by atoms with Crippen molar-refractivity contribution in [1.29, 1.82) is 0 Å². The molecule has 0 saturated heterocycles. The molecule has 80 valence electrons. The Morgan fingerprint density at radius 1 is 1.50 bits per heavy atom. The van der Waals surface area contributed by atoms with Crippen LogP contribution in [0.4, 0.5) is 0 Å². The maximum absolute atomic E-state index is 4.21. The summed E-state index contributed by atoms with van der Waals surface area (Å²) >= 11 is 1.60. The highest BCUT2D eigenvalue weighted by atomic mass is 32.2. The number of hydrogen-bond acceptors (Lipinski definition) is 2. The Balaban J connectivity index is 3.76. The molecule has 1 atom stereocenters. The van der Waals surface area contributed by atoms with Crippen molar-refractivity contribution >= 4 is 16.8 Å². The van der Waals surface area contributed by atoms with Crippen molar-refractivity contribution in [2.75, 3.05) is 0 Å². The third kappa shape index (κ3) is 6.96. The number of rotatable bonds is 7. The molecule has 0 aromatic rings. The van der Waals surface area contributed by atoms with Gasteiger partial charge in [-0.2, -0.15) is 0 Å². The summed E-state index contributed by atoms with van der Waals surface area (Å²) in [6.45, 7) is 11.8. The van der Waals surface area contributed by atoms with Crippen LogP contribution in [0, 0.1) is 5.92 Å². The van der Waals surface area contributed by atoms with Gasteiger partial charge in [0.2, 0.25) is 0 Å². The van der Waals surface area contributed by atoms with Crippen LogP contribution in [0.5, 0.6) is 0 Å². The Morgan fingerprint density at radius 2 is 2.21 bits per heavy atom. The van der Waals surface area contributed by atoms with E-state index in [1.54, 1.807) is 18.0 Å². The lowest BCUT2D eigenvalue weighted by Crippen LogP contribution is -1.95. The molecule has 0 saturated carbocycles. The van der Waals surface area contributed by atoms with E-state index in [4.69, 9.17) is 0 Å². The molecule has 1 nitrogen and oxygen atoms in total. The van der Waals surface area contributed by atoms with Crippen LogP contribution < -0.4 is 0 Å². The van der Waals surface area contributed by atoms with Gasteiger partial charge in [0.1, 0.15) is 0 Å². The van der Waals surface area contributed by atoms with Gasteiger partial charge in [0.25, 0.3) is 0 Å². The monoisotopic (exact) mass is 211 g/mol. The van der Waals surface area contributed by atoms with Crippen LogP contribution in [0.1, 0.15) is 39.5 Å². The quantitative estimate of drug-likeness (QED) is 0.442. The molecule has 0 spiro atoms. The maximum Gasteiger partial charge on any atom is 0.0772 e. The molecule has 2 heteroatoms. The van der Waals surface area contributed by atoms with Gasteiger partial charge in [-0.15, -0.1) is 0 Å². The standard InChI is InChI=1S/C12H21NS/c1-5-11(4)9-8-10-12(13-6-2)14-7-3/h6-7,11H,2-3,5,8-10H2,1,4H3/b13-12-. The van der Waals surface area contributed by atoms with Crippen LogP contribution >= 0.6 is 11.8 Å². The van der Waals surface area contributed by atoms with Crippen LogP contribution in [0.15, 0.2) is 29.8 Å². The summed E-state index contributed by atoms with van der Waals surface area (Å²) in [5, 5.41) is 2.95. The summed E-state index contributed by atoms with van der Waals surface area (Å²) in [6.07, 6.45) is 6.41. The first-order valence-electron chi connectivity index (χ1n) is 5.19. The van der Waals surface area contributed by atoms with E-state index in [1.807, 2.05) is 5.41 Å². The highest BCUT2D eigenvalue weighted by molar-refractivity contribution is 8.16. The molecule has 0 rings (SSSR count). The molecule has 0 aliphatic heterocycles. The number of aliphatic imine (C=N–C) groups is 1. The second kappa shape index (κ2) is 9.07. The predicted molar refractivity (Wildman–Crippen MR) is 68.7 cm³/mol. The topological polar surface area (TPSA) is 12.4 Å². The molecule has 0 heterocycles. The Labute approximate surface area is 92.4 Å². The SMILES string of the molecule is C=C/N=C(/CCCC(C)CC)SC=C. The van der Waals surface area contributed by atoms with Gasteiger partial charge in [0, 0.05) is 6.20 Å². The zero-order valence-electron chi connectivity index (χ0n) is 9.33. The molecule has 0 fully saturated rings. The van der Waals surface area contributed by atoms with Crippen LogP contribution in [0.3, 0.4) is 0 Å². The molecule has 0 amide bonds. The Hall–Kier alpha value is -0.500. The van der Waals surface area contributed by atoms with Gasteiger partial charge in [-0.1, -0.05) is 51.6 Å².